The van der Waals surface area contributed by atoms with Crippen LogP contribution in [0.25, 0.3) is 0 Å². The Bertz CT molecular complexity index is 140. The summed E-state index contributed by atoms with van der Waals surface area (Å²) in [5.74, 6) is 1.81. The van der Waals surface area contributed by atoms with Gasteiger partial charge in [0.25, 0.3) is 0 Å². The van der Waals surface area contributed by atoms with E-state index in [1.807, 2.05) is 0 Å². The number of nitrogens with one attached hydrogen (secondary N) is 1. The largest absolute Gasteiger partial charge is 0.311 e. The van der Waals surface area contributed by atoms with E-state index in [1.54, 1.807) is 0 Å². The van der Waals surface area contributed by atoms with Crippen molar-refractivity contribution >= 4 is 0 Å². The summed E-state index contributed by atoms with van der Waals surface area (Å²) in [7, 11) is 0. The van der Waals surface area contributed by atoms with Crippen LogP contribution in [0.3, 0.4) is 0 Å². The summed E-state index contributed by atoms with van der Waals surface area (Å²) in [6, 6.07) is 1.49. The van der Waals surface area contributed by atoms with E-state index in [-0.39, 0.29) is 0 Å². The molecule has 0 amide bonds. The van der Waals surface area contributed by atoms with Crippen molar-refractivity contribution in [3.05, 3.63) is 0 Å². The molecule has 0 aromatic rings. The summed E-state index contributed by atoms with van der Waals surface area (Å²) in [5, 5.41) is 3.78. The third kappa shape index (κ3) is 3.30. The quantitative estimate of drug-likeness (QED) is 0.667. The highest BCUT2D eigenvalue weighted by atomic mass is 15.0. The van der Waals surface area contributed by atoms with Crippen LogP contribution < -0.4 is 5.32 Å². The molecular weight excluding hydrogens is 158 g/mol. The first kappa shape index (κ1) is 11.0. The number of hydrogen-bond acceptors (Lipinski definition) is 1. The second kappa shape index (κ2) is 4.99. The third-order valence-corrected chi connectivity index (χ3v) is 3.61. The lowest BCUT2D eigenvalue weighted by Gasteiger charge is -2.26. The summed E-state index contributed by atoms with van der Waals surface area (Å²) in [4.78, 5) is 0. The van der Waals surface area contributed by atoms with Gasteiger partial charge in [0.1, 0.15) is 0 Å². The topological polar surface area (TPSA) is 12.0 Å². The smallest absolute Gasteiger partial charge is 0.00952 e. The summed E-state index contributed by atoms with van der Waals surface area (Å²) < 4.78 is 0. The molecule has 1 aliphatic carbocycles. The van der Waals surface area contributed by atoms with Crippen molar-refractivity contribution in [3.63, 3.8) is 0 Å². The minimum absolute atomic E-state index is 0.690. The Balaban J connectivity index is 2.27. The summed E-state index contributed by atoms with van der Waals surface area (Å²) in [5.41, 5.74) is 0. The van der Waals surface area contributed by atoms with E-state index in [4.69, 9.17) is 0 Å². The predicted molar refractivity (Wildman–Crippen MR) is 58.9 cm³/mol. The Labute approximate surface area is 83.3 Å². The molecule has 1 nitrogen and oxygen atoms in total. The van der Waals surface area contributed by atoms with Gasteiger partial charge in [-0.1, -0.05) is 27.2 Å². The zero-order valence-electron chi connectivity index (χ0n) is 9.64. The Morgan fingerprint density at radius 1 is 1.15 bits per heavy atom. The van der Waals surface area contributed by atoms with E-state index in [9.17, 15) is 0 Å². The zero-order chi connectivity index (χ0) is 9.84. The molecular formula is C12H25N. The number of rotatable bonds is 6. The Morgan fingerprint density at radius 2 is 1.77 bits per heavy atom. The van der Waals surface area contributed by atoms with Gasteiger partial charge in [-0.15, -0.1) is 0 Å². The fourth-order valence-electron chi connectivity index (χ4n) is 1.94. The van der Waals surface area contributed by atoms with Crippen molar-refractivity contribution in [2.75, 3.05) is 0 Å². The van der Waals surface area contributed by atoms with Gasteiger partial charge in [-0.2, -0.15) is 0 Å². The average Bonchev–Trinajstić information content (AvgIpc) is 2.95. The van der Waals surface area contributed by atoms with Crippen LogP contribution in [-0.2, 0) is 0 Å². The van der Waals surface area contributed by atoms with E-state index < -0.39 is 0 Å². The van der Waals surface area contributed by atoms with Gasteiger partial charge in [0.15, 0.2) is 0 Å². The van der Waals surface area contributed by atoms with Gasteiger partial charge in [-0.3, -0.25) is 0 Å². The molecule has 3 unspecified atom stereocenters. The van der Waals surface area contributed by atoms with Gasteiger partial charge in [-0.05, 0) is 38.0 Å². The molecule has 3 atom stereocenters. The maximum absolute atomic E-state index is 3.78. The van der Waals surface area contributed by atoms with E-state index in [1.165, 1.54) is 25.7 Å². The maximum atomic E-state index is 3.78. The van der Waals surface area contributed by atoms with Crippen LogP contribution in [0.15, 0.2) is 0 Å². The van der Waals surface area contributed by atoms with Crippen molar-refractivity contribution in [2.45, 2.75) is 65.5 Å². The van der Waals surface area contributed by atoms with Crippen LogP contribution in [0.1, 0.15) is 53.4 Å². The van der Waals surface area contributed by atoms with Gasteiger partial charge in [0.2, 0.25) is 0 Å². The molecule has 0 bridgehead atoms. The monoisotopic (exact) mass is 183 g/mol. The van der Waals surface area contributed by atoms with Crippen molar-refractivity contribution in [1.82, 2.24) is 5.32 Å². The average molecular weight is 183 g/mol. The van der Waals surface area contributed by atoms with Gasteiger partial charge in [-0.25, -0.2) is 0 Å². The first-order valence-electron chi connectivity index (χ1n) is 5.95. The van der Waals surface area contributed by atoms with Crippen molar-refractivity contribution < 1.29 is 0 Å². The molecule has 1 rings (SSSR count). The molecule has 0 aromatic heterocycles. The molecule has 1 heteroatoms. The molecule has 0 aromatic carbocycles. The summed E-state index contributed by atoms with van der Waals surface area (Å²) >= 11 is 0. The van der Waals surface area contributed by atoms with Gasteiger partial charge in [0, 0.05) is 12.1 Å². The lowest BCUT2D eigenvalue weighted by Crippen LogP contribution is -2.40. The van der Waals surface area contributed by atoms with Crippen molar-refractivity contribution in [1.29, 1.82) is 0 Å². The molecule has 0 heterocycles. The maximum Gasteiger partial charge on any atom is 0.00952 e. The molecule has 1 fully saturated rings. The molecule has 1 N–H and O–H groups in total. The fraction of sp³-hybridized carbons (Fsp3) is 1.00. The van der Waals surface area contributed by atoms with Crippen LogP contribution >= 0.6 is 0 Å². The van der Waals surface area contributed by atoms with Gasteiger partial charge in [0.05, 0.1) is 0 Å². The molecule has 13 heavy (non-hydrogen) atoms. The first-order chi connectivity index (χ1) is 6.19. The Hall–Kier alpha value is -0.0400. The molecule has 0 radical (unpaired) electrons. The molecule has 0 aliphatic heterocycles. The minimum atomic E-state index is 0.690. The van der Waals surface area contributed by atoms with Crippen LogP contribution in [0.2, 0.25) is 0 Å². The van der Waals surface area contributed by atoms with Crippen LogP contribution in [0.4, 0.5) is 0 Å². The third-order valence-electron chi connectivity index (χ3n) is 3.61. The standard InChI is InChI=1S/C12H25N/c1-5-9(3)10(4)13-12(6-2)11-7-8-11/h9-13H,5-8H2,1-4H3. The van der Waals surface area contributed by atoms with Gasteiger partial charge < -0.3 is 5.32 Å². The van der Waals surface area contributed by atoms with E-state index in [0.717, 1.165) is 17.9 Å². The predicted octanol–water partition coefficient (Wildman–Crippen LogP) is 3.20. The summed E-state index contributed by atoms with van der Waals surface area (Å²) in [6.07, 6.45) is 5.50. The lowest BCUT2D eigenvalue weighted by molar-refractivity contribution is 0.324. The van der Waals surface area contributed by atoms with E-state index in [2.05, 4.69) is 33.0 Å². The lowest BCUT2D eigenvalue weighted by atomic mass is 9.98. The normalized spacial score (nSPS) is 24.0. The van der Waals surface area contributed by atoms with Crippen LogP contribution in [-0.4, -0.2) is 12.1 Å². The van der Waals surface area contributed by atoms with Crippen LogP contribution in [0.5, 0.6) is 0 Å². The van der Waals surface area contributed by atoms with Crippen molar-refractivity contribution in [3.8, 4) is 0 Å². The number of hydrogen-bond donors (Lipinski definition) is 1. The van der Waals surface area contributed by atoms with Crippen LogP contribution in [0, 0.1) is 11.8 Å². The Kier molecular flexibility index (Phi) is 4.24. The summed E-state index contributed by atoms with van der Waals surface area (Å²) in [6.45, 7) is 9.26. The highest BCUT2D eigenvalue weighted by Gasteiger charge is 2.30. The minimum Gasteiger partial charge on any atom is -0.311 e. The zero-order valence-corrected chi connectivity index (χ0v) is 9.64. The first-order valence-corrected chi connectivity index (χ1v) is 5.95. The highest BCUT2D eigenvalue weighted by Crippen LogP contribution is 2.34. The second-order valence-corrected chi connectivity index (χ2v) is 4.69. The fourth-order valence-corrected chi connectivity index (χ4v) is 1.94. The van der Waals surface area contributed by atoms with Gasteiger partial charge >= 0.3 is 0 Å². The Morgan fingerprint density at radius 3 is 2.15 bits per heavy atom. The second-order valence-electron chi connectivity index (χ2n) is 4.69. The molecule has 78 valence electrons. The molecule has 1 aliphatic rings. The van der Waals surface area contributed by atoms with Crippen molar-refractivity contribution in [2.24, 2.45) is 11.8 Å². The highest BCUT2D eigenvalue weighted by molar-refractivity contribution is 4.87. The van der Waals surface area contributed by atoms with E-state index in [0.29, 0.717) is 6.04 Å². The molecule has 0 saturated heterocycles. The molecule has 0 spiro atoms. The van der Waals surface area contributed by atoms with E-state index >= 15 is 0 Å². The molecule has 1 saturated carbocycles. The SMILES string of the molecule is CCC(C)C(C)NC(CC)C1CC1.